The first-order chi connectivity index (χ1) is 14.1. The molecule has 4 heterocycles. The maximum atomic E-state index is 12.9. The number of amides is 2. The first kappa shape index (κ1) is 20.1. The van der Waals surface area contributed by atoms with E-state index in [1.54, 1.807) is 34.0 Å². The summed E-state index contributed by atoms with van der Waals surface area (Å²) in [4.78, 5) is 36.1. The van der Waals surface area contributed by atoms with Crippen molar-refractivity contribution in [1.29, 1.82) is 0 Å². The van der Waals surface area contributed by atoms with Gasteiger partial charge >= 0.3 is 0 Å². The van der Waals surface area contributed by atoms with Crippen LogP contribution in [0.1, 0.15) is 49.2 Å². The quantitative estimate of drug-likeness (QED) is 0.709. The zero-order valence-electron chi connectivity index (χ0n) is 18.0. The first-order valence-corrected chi connectivity index (χ1v) is 10.0. The lowest BCUT2D eigenvalue weighted by molar-refractivity contribution is -0.133. The van der Waals surface area contributed by atoms with E-state index in [1.165, 1.54) is 0 Å². The van der Waals surface area contributed by atoms with E-state index in [1.807, 2.05) is 46.0 Å². The van der Waals surface area contributed by atoms with E-state index >= 15 is 0 Å². The minimum Gasteiger partial charge on any atom is -0.352 e. The molecule has 0 saturated carbocycles. The number of fused-ring (bicyclic) bond motifs is 1. The van der Waals surface area contributed by atoms with Crippen molar-refractivity contribution in [3.05, 3.63) is 42.1 Å². The number of aromatic nitrogens is 5. The van der Waals surface area contributed by atoms with Gasteiger partial charge in [-0.05, 0) is 26.8 Å². The Labute approximate surface area is 175 Å². The van der Waals surface area contributed by atoms with Crippen molar-refractivity contribution in [2.45, 2.75) is 38.8 Å². The molecule has 9 nitrogen and oxygen atoms in total. The summed E-state index contributed by atoms with van der Waals surface area (Å²) in [6.07, 6.45) is 7.35. The number of pyridine rings is 1. The molecule has 0 spiro atoms. The number of likely N-dealkylation sites (tertiary alicyclic amines) is 1. The largest absolute Gasteiger partial charge is 0.352 e. The van der Waals surface area contributed by atoms with Crippen LogP contribution in [-0.4, -0.2) is 53.1 Å². The average molecular weight is 409 g/mol. The smallest absolute Gasteiger partial charge is 0.252 e. The predicted molar refractivity (Wildman–Crippen MR) is 111 cm³/mol. The van der Waals surface area contributed by atoms with Crippen LogP contribution in [-0.2, 0) is 18.9 Å². The third kappa shape index (κ3) is 3.55. The van der Waals surface area contributed by atoms with Crippen molar-refractivity contribution < 1.29 is 9.59 Å². The molecule has 0 bridgehead atoms. The molecule has 0 aromatic carbocycles. The van der Waals surface area contributed by atoms with Crippen LogP contribution in [0, 0.1) is 5.92 Å². The van der Waals surface area contributed by atoms with Gasteiger partial charge in [-0.15, -0.1) is 0 Å². The highest BCUT2D eigenvalue weighted by molar-refractivity contribution is 5.96. The maximum Gasteiger partial charge on any atom is 0.252 e. The van der Waals surface area contributed by atoms with E-state index in [0.717, 1.165) is 11.2 Å². The highest BCUT2D eigenvalue weighted by Crippen LogP contribution is 2.42. The molecule has 1 saturated heterocycles. The van der Waals surface area contributed by atoms with Gasteiger partial charge in [0.15, 0.2) is 5.65 Å². The molecule has 1 aliphatic heterocycles. The molecule has 2 atom stereocenters. The highest BCUT2D eigenvalue weighted by Gasteiger charge is 2.45. The van der Waals surface area contributed by atoms with Gasteiger partial charge < -0.3 is 14.8 Å². The van der Waals surface area contributed by atoms with Crippen LogP contribution in [0.3, 0.4) is 0 Å². The normalized spacial score (nSPS) is 19.6. The lowest BCUT2D eigenvalue weighted by Crippen LogP contribution is -2.44. The van der Waals surface area contributed by atoms with Gasteiger partial charge in [-0.2, -0.15) is 5.10 Å². The molecular weight excluding hydrogens is 382 g/mol. The number of rotatable bonds is 4. The number of aryl methyl sites for hydroxylation is 2. The Bertz CT molecular complexity index is 1110. The molecule has 30 heavy (non-hydrogen) atoms. The van der Waals surface area contributed by atoms with Crippen molar-refractivity contribution in [3.8, 4) is 0 Å². The van der Waals surface area contributed by atoms with E-state index in [9.17, 15) is 9.59 Å². The van der Waals surface area contributed by atoms with Crippen molar-refractivity contribution in [2.75, 3.05) is 6.54 Å². The molecule has 1 N–H and O–H groups in total. The Kier molecular flexibility index (Phi) is 4.83. The topological polar surface area (TPSA) is 97.9 Å². The summed E-state index contributed by atoms with van der Waals surface area (Å²) in [6.45, 7) is 6.48. The molecule has 0 unspecified atom stereocenters. The van der Waals surface area contributed by atoms with E-state index < -0.39 is 0 Å². The predicted octanol–water partition coefficient (Wildman–Crippen LogP) is 1.82. The zero-order chi connectivity index (χ0) is 21.6. The molecule has 9 heteroatoms. The summed E-state index contributed by atoms with van der Waals surface area (Å²) in [7, 11) is 3.72. The minimum atomic E-state index is -0.329. The number of carbonyl (C=O) groups is 2. The first-order valence-electron chi connectivity index (χ1n) is 10.0. The number of carbonyl (C=O) groups excluding carboxylic acids is 2. The van der Waals surface area contributed by atoms with Crippen LogP contribution >= 0.6 is 0 Å². The Balaban J connectivity index is 1.54. The van der Waals surface area contributed by atoms with Gasteiger partial charge in [0.1, 0.15) is 5.52 Å². The van der Waals surface area contributed by atoms with Crippen LogP contribution in [0.25, 0.3) is 11.2 Å². The minimum absolute atomic E-state index is 0.0450. The Morgan fingerprint density at radius 1 is 1.23 bits per heavy atom. The van der Waals surface area contributed by atoms with Gasteiger partial charge in [-0.3, -0.25) is 14.3 Å². The molecule has 3 aromatic rings. The summed E-state index contributed by atoms with van der Waals surface area (Å²) >= 11 is 0. The van der Waals surface area contributed by atoms with Crippen molar-refractivity contribution in [3.63, 3.8) is 0 Å². The van der Waals surface area contributed by atoms with Crippen molar-refractivity contribution in [2.24, 2.45) is 20.0 Å². The second-order valence-electron chi connectivity index (χ2n) is 8.92. The van der Waals surface area contributed by atoms with Gasteiger partial charge in [0, 0.05) is 56.5 Å². The monoisotopic (exact) mass is 409 g/mol. The summed E-state index contributed by atoms with van der Waals surface area (Å²) < 4.78 is 3.54. The zero-order valence-corrected chi connectivity index (χ0v) is 18.0. The summed E-state index contributed by atoms with van der Waals surface area (Å²) in [5.41, 5.74) is 2.51. The third-order valence-corrected chi connectivity index (χ3v) is 5.56. The van der Waals surface area contributed by atoms with Crippen LogP contribution < -0.4 is 5.32 Å². The number of imidazole rings is 1. The van der Waals surface area contributed by atoms with Gasteiger partial charge in [0.2, 0.25) is 5.91 Å². The fraction of sp³-hybridized carbons (Fsp3) is 0.476. The number of nitrogens with one attached hydrogen (secondary N) is 1. The number of hydrogen-bond donors (Lipinski definition) is 1. The van der Waals surface area contributed by atoms with Crippen LogP contribution in [0.15, 0.2) is 31.0 Å². The lowest BCUT2D eigenvalue weighted by Gasteiger charge is -2.38. The fourth-order valence-electron chi connectivity index (χ4n) is 4.26. The molecule has 4 rings (SSSR count). The molecule has 1 aliphatic rings. The lowest BCUT2D eigenvalue weighted by atomic mass is 9.93. The van der Waals surface area contributed by atoms with E-state index in [0.29, 0.717) is 24.0 Å². The molecule has 3 aromatic heterocycles. The molecule has 158 valence electrons. The highest BCUT2D eigenvalue weighted by atomic mass is 16.2. The standard InChI is InChI=1S/C21H27N7O2/c1-21(2,3)28-17(29)7-13(18(28)15-10-25-27(5)11-15)8-23-20(30)14-6-16-19(22-9-14)26(4)12-24-16/h6,9-13,18H,7-8H2,1-5H3,(H,23,30)/t13-,18+/m0/s1. The van der Waals surface area contributed by atoms with Crippen molar-refractivity contribution >= 4 is 23.0 Å². The second kappa shape index (κ2) is 7.23. The number of hydrogen-bond acceptors (Lipinski definition) is 5. The van der Waals surface area contributed by atoms with Crippen molar-refractivity contribution in [1.82, 2.24) is 34.5 Å². The summed E-state index contributed by atoms with van der Waals surface area (Å²) in [5, 5.41) is 7.28. The summed E-state index contributed by atoms with van der Waals surface area (Å²) in [5.74, 6) is -0.176. The Hall–Kier alpha value is -3.23. The van der Waals surface area contributed by atoms with Gasteiger partial charge in [-0.1, -0.05) is 0 Å². The van der Waals surface area contributed by atoms with E-state index in [-0.39, 0.29) is 29.3 Å². The SMILES string of the molecule is Cn1cc([C@H]2[C@H](CNC(=O)c3cnc4c(c3)ncn4C)CC(=O)N2C(C)(C)C)cn1. The molecule has 1 fully saturated rings. The number of nitrogens with zero attached hydrogens (tertiary/aromatic N) is 6. The van der Waals surface area contributed by atoms with Gasteiger partial charge in [0.25, 0.3) is 5.91 Å². The van der Waals surface area contributed by atoms with Gasteiger partial charge in [-0.25, -0.2) is 9.97 Å². The molecule has 2 amide bonds. The Morgan fingerprint density at radius 3 is 2.67 bits per heavy atom. The van der Waals surface area contributed by atoms with E-state index in [4.69, 9.17) is 0 Å². The molecule has 0 radical (unpaired) electrons. The second-order valence-corrected chi connectivity index (χ2v) is 8.92. The molecular formula is C21H27N7O2. The fourth-order valence-corrected chi connectivity index (χ4v) is 4.26. The van der Waals surface area contributed by atoms with E-state index in [2.05, 4.69) is 20.4 Å². The molecule has 0 aliphatic carbocycles. The van der Waals surface area contributed by atoms with Gasteiger partial charge in [0.05, 0.1) is 24.1 Å². The third-order valence-electron chi connectivity index (χ3n) is 5.56. The van der Waals surface area contributed by atoms with Crippen LogP contribution in [0.2, 0.25) is 0 Å². The summed E-state index contributed by atoms with van der Waals surface area (Å²) in [6, 6.07) is 1.60. The average Bonchev–Trinajstić information content (AvgIpc) is 3.36. The van der Waals surface area contributed by atoms with Crippen LogP contribution in [0.4, 0.5) is 0 Å². The Morgan fingerprint density at radius 2 is 2.00 bits per heavy atom. The maximum absolute atomic E-state index is 12.9. The van der Waals surface area contributed by atoms with Crippen LogP contribution in [0.5, 0.6) is 0 Å².